The van der Waals surface area contributed by atoms with Gasteiger partial charge in [0.15, 0.2) is 0 Å². The zero-order valence-electron chi connectivity index (χ0n) is 8.20. The SMILES string of the molecule is CC[C@H](COS(C)(=O)=O)C(C)C. The maximum atomic E-state index is 10.7. The van der Waals surface area contributed by atoms with E-state index in [4.69, 9.17) is 4.18 Å². The largest absolute Gasteiger partial charge is 0.270 e. The molecule has 0 spiro atoms. The van der Waals surface area contributed by atoms with Crippen LogP contribution in [0.25, 0.3) is 0 Å². The molecule has 0 aromatic carbocycles. The van der Waals surface area contributed by atoms with Gasteiger partial charge < -0.3 is 0 Å². The third-order valence-corrected chi connectivity index (χ3v) is 2.53. The topological polar surface area (TPSA) is 43.4 Å². The van der Waals surface area contributed by atoms with E-state index < -0.39 is 10.1 Å². The second-order valence-electron chi connectivity index (χ2n) is 3.40. The molecule has 0 radical (unpaired) electrons. The predicted molar refractivity (Wildman–Crippen MR) is 49.4 cm³/mol. The van der Waals surface area contributed by atoms with Crippen LogP contribution in [0.4, 0.5) is 0 Å². The Bertz CT molecular complexity index is 206. The minimum Gasteiger partial charge on any atom is -0.270 e. The summed E-state index contributed by atoms with van der Waals surface area (Å²) in [7, 11) is -3.26. The van der Waals surface area contributed by atoms with E-state index in [0.717, 1.165) is 12.7 Å². The Kier molecular flexibility index (Phi) is 4.78. The van der Waals surface area contributed by atoms with Gasteiger partial charge in [-0.05, 0) is 11.8 Å². The van der Waals surface area contributed by atoms with E-state index in [0.29, 0.717) is 18.4 Å². The first kappa shape index (κ1) is 11.9. The monoisotopic (exact) mass is 194 g/mol. The maximum Gasteiger partial charge on any atom is 0.264 e. The highest BCUT2D eigenvalue weighted by molar-refractivity contribution is 7.85. The van der Waals surface area contributed by atoms with Crippen molar-refractivity contribution in [2.75, 3.05) is 12.9 Å². The van der Waals surface area contributed by atoms with Crippen molar-refractivity contribution in [3.63, 3.8) is 0 Å². The maximum absolute atomic E-state index is 10.7. The minimum absolute atomic E-state index is 0.312. The first-order chi connectivity index (χ1) is 5.37. The summed E-state index contributed by atoms with van der Waals surface area (Å²) in [5.41, 5.74) is 0. The molecule has 1 atom stereocenters. The number of hydrogen-bond acceptors (Lipinski definition) is 3. The Hall–Kier alpha value is -0.0900. The Morgan fingerprint density at radius 3 is 2.08 bits per heavy atom. The summed E-state index contributed by atoms with van der Waals surface area (Å²) in [6.45, 7) is 6.49. The number of hydrogen-bond donors (Lipinski definition) is 0. The van der Waals surface area contributed by atoms with E-state index in [9.17, 15) is 8.42 Å². The standard InChI is InChI=1S/C8H18O3S/c1-5-8(7(2)3)6-11-12(4,9)10/h7-8H,5-6H2,1-4H3/t8-/m1/s1. The zero-order valence-corrected chi connectivity index (χ0v) is 9.02. The van der Waals surface area contributed by atoms with Crippen molar-refractivity contribution in [3.8, 4) is 0 Å². The summed E-state index contributed by atoms with van der Waals surface area (Å²) in [5, 5.41) is 0. The van der Waals surface area contributed by atoms with Crippen molar-refractivity contribution in [3.05, 3.63) is 0 Å². The van der Waals surface area contributed by atoms with Crippen molar-refractivity contribution in [1.29, 1.82) is 0 Å². The fourth-order valence-corrected chi connectivity index (χ4v) is 1.41. The predicted octanol–water partition coefficient (Wildman–Crippen LogP) is 1.64. The molecule has 0 bridgehead atoms. The fourth-order valence-electron chi connectivity index (χ4n) is 0.993. The van der Waals surface area contributed by atoms with Crippen LogP contribution in [0.3, 0.4) is 0 Å². The lowest BCUT2D eigenvalue weighted by atomic mass is 9.94. The summed E-state index contributed by atoms with van der Waals surface area (Å²) in [6, 6.07) is 0. The van der Waals surface area contributed by atoms with Crippen LogP contribution in [0.1, 0.15) is 27.2 Å². The van der Waals surface area contributed by atoms with Gasteiger partial charge in [0.05, 0.1) is 12.9 Å². The zero-order chi connectivity index (χ0) is 9.78. The highest BCUT2D eigenvalue weighted by Gasteiger charge is 2.13. The van der Waals surface area contributed by atoms with Crippen LogP contribution >= 0.6 is 0 Å². The summed E-state index contributed by atoms with van der Waals surface area (Å²) >= 11 is 0. The molecule has 3 nitrogen and oxygen atoms in total. The van der Waals surface area contributed by atoms with Gasteiger partial charge >= 0.3 is 0 Å². The minimum atomic E-state index is -3.26. The fraction of sp³-hybridized carbons (Fsp3) is 1.00. The molecule has 0 saturated heterocycles. The van der Waals surface area contributed by atoms with E-state index in [1.807, 2.05) is 6.92 Å². The highest BCUT2D eigenvalue weighted by Crippen LogP contribution is 2.15. The molecule has 0 aliphatic heterocycles. The van der Waals surface area contributed by atoms with Gasteiger partial charge in [0, 0.05) is 0 Å². The van der Waals surface area contributed by atoms with Gasteiger partial charge in [0.2, 0.25) is 0 Å². The molecule has 0 fully saturated rings. The van der Waals surface area contributed by atoms with E-state index in [1.54, 1.807) is 0 Å². The average molecular weight is 194 g/mol. The molecule has 74 valence electrons. The molecular weight excluding hydrogens is 176 g/mol. The molecule has 4 heteroatoms. The van der Waals surface area contributed by atoms with Crippen molar-refractivity contribution < 1.29 is 12.6 Å². The van der Waals surface area contributed by atoms with Gasteiger partial charge in [-0.1, -0.05) is 27.2 Å². The molecule has 12 heavy (non-hydrogen) atoms. The first-order valence-corrected chi connectivity index (χ1v) is 6.03. The first-order valence-electron chi connectivity index (χ1n) is 4.21. The van der Waals surface area contributed by atoms with Crippen molar-refractivity contribution in [2.24, 2.45) is 11.8 Å². The third kappa shape index (κ3) is 5.55. The second-order valence-corrected chi connectivity index (χ2v) is 5.04. The van der Waals surface area contributed by atoms with Gasteiger partial charge in [-0.25, -0.2) is 0 Å². The molecule has 0 N–H and O–H groups in total. The Morgan fingerprint density at radius 2 is 1.83 bits per heavy atom. The molecule has 0 aliphatic rings. The van der Waals surface area contributed by atoms with Gasteiger partial charge in [-0.3, -0.25) is 4.18 Å². The van der Waals surface area contributed by atoms with Crippen molar-refractivity contribution in [1.82, 2.24) is 0 Å². The molecule has 0 heterocycles. The lowest BCUT2D eigenvalue weighted by molar-refractivity contribution is 0.212. The summed E-state index contributed by atoms with van der Waals surface area (Å²) in [5.74, 6) is 0.802. The van der Waals surface area contributed by atoms with Crippen LogP contribution in [0.2, 0.25) is 0 Å². The molecule has 0 unspecified atom stereocenters. The van der Waals surface area contributed by atoms with Crippen LogP contribution in [-0.2, 0) is 14.3 Å². The van der Waals surface area contributed by atoms with Gasteiger partial charge in [-0.2, -0.15) is 8.42 Å². The Balaban J connectivity index is 3.90. The van der Waals surface area contributed by atoms with E-state index in [1.165, 1.54) is 0 Å². The Labute approximate surface area is 75.2 Å². The molecule has 0 saturated carbocycles. The Morgan fingerprint density at radius 1 is 1.33 bits per heavy atom. The summed E-state index contributed by atoms with van der Waals surface area (Å²) in [4.78, 5) is 0. The van der Waals surface area contributed by atoms with Gasteiger partial charge in [0.1, 0.15) is 0 Å². The van der Waals surface area contributed by atoms with E-state index in [2.05, 4.69) is 13.8 Å². The smallest absolute Gasteiger partial charge is 0.264 e. The normalized spacial score (nSPS) is 15.1. The van der Waals surface area contributed by atoms with Crippen molar-refractivity contribution >= 4 is 10.1 Å². The second kappa shape index (κ2) is 4.82. The molecule has 0 aromatic heterocycles. The van der Waals surface area contributed by atoms with Crippen molar-refractivity contribution in [2.45, 2.75) is 27.2 Å². The summed E-state index contributed by atoms with van der Waals surface area (Å²) in [6.07, 6.45) is 2.03. The molecule has 0 rings (SSSR count). The highest BCUT2D eigenvalue weighted by atomic mass is 32.2. The van der Waals surface area contributed by atoms with Crippen LogP contribution in [0.5, 0.6) is 0 Å². The van der Waals surface area contributed by atoms with Crippen LogP contribution < -0.4 is 0 Å². The quantitative estimate of drug-likeness (QED) is 0.625. The molecular formula is C8H18O3S. The van der Waals surface area contributed by atoms with Crippen LogP contribution in [0, 0.1) is 11.8 Å². The van der Waals surface area contributed by atoms with Gasteiger partial charge in [-0.15, -0.1) is 0 Å². The number of rotatable bonds is 5. The average Bonchev–Trinajstić information content (AvgIpc) is 1.85. The van der Waals surface area contributed by atoms with E-state index >= 15 is 0 Å². The molecule has 0 amide bonds. The van der Waals surface area contributed by atoms with Crippen LogP contribution in [-0.4, -0.2) is 21.3 Å². The third-order valence-electron chi connectivity index (χ3n) is 1.96. The van der Waals surface area contributed by atoms with Gasteiger partial charge in [0.25, 0.3) is 10.1 Å². The lowest BCUT2D eigenvalue weighted by Gasteiger charge is -2.17. The van der Waals surface area contributed by atoms with E-state index in [-0.39, 0.29) is 0 Å². The molecule has 0 aromatic rings. The molecule has 0 aliphatic carbocycles. The lowest BCUT2D eigenvalue weighted by Crippen LogP contribution is -2.17. The van der Waals surface area contributed by atoms with Crippen LogP contribution in [0.15, 0.2) is 0 Å². The summed E-state index contributed by atoms with van der Waals surface area (Å²) < 4.78 is 26.0.